The lowest BCUT2D eigenvalue weighted by Crippen LogP contribution is -2.41. The van der Waals surface area contributed by atoms with Crippen LogP contribution in [0.15, 0.2) is 0 Å². The van der Waals surface area contributed by atoms with Gasteiger partial charge in [-0.15, -0.1) is 0 Å². The van der Waals surface area contributed by atoms with E-state index < -0.39 is 22.9 Å². The third kappa shape index (κ3) is 1.52. The van der Waals surface area contributed by atoms with Crippen molar-refractivity contribution in [2.24, 2.45) is 5.92 Å². The zero-order valence-corrected chi connectivity index (χ0v) is 6.03. The van der Waals surface area contributed by atoms with Crippen LogP contribution in [-0.2, 0) is 11.1 Å². The van der Waals surface area contributed by atoms with Gasteiger partial charge in [0.15, 0.2) is 11.1 Å². The molecule has 0 heterocycles. The van der Waals surface area contributed by atoms with Crippen molar-refractivity contribution in [3.8, 4) is 0 Å². The van der Waals surface area contributed by atoms with Gasteiger partial charge in [-0.25, -0.2) is 13.0 Å². The first-order valence-corrected chi connectivity index (χ1v) is 4.25. The van der Waals surface area contributed by atoms with E-state index in [1.165, 1.54) is 0 Å². The van der Waals surface area contributed by atoms with E-state index in [2.05, 4.69) is 0 Å². The fourth-order valence-corrected chi connectivity index (χ4v) is 1.70. The second-order valence-corrected chi connectivity index (χ2v) is 3.46. The van der Waals surface area contributed by atoms with E-state index in [0.29, 0.717) is 6.42 Å². The monoisotopic (exact) mass is 170 g/mol. The van der Waals surface area contributed by atoms with Crippen LogP contribution in [0.1, 0.15) is 12.8 Å². The maximum absolute atomic E-state index is 12.3. The van der Waals surface area contributed by atoms with E-state index in [0.717, 1.165) is 0 Å². The smallest absolute Gasteiger partial charge is 0.251 e. The van der Waals surface area contributed by atoms with Crippen molar-refractivity contribution in [3.05, 3.63) is 0 Å². The van der Waals surface area contributed by atoms with Crippen molar-refractivity contribution in [1.82, 2.24) is 0 Å². The lowest BCUT2D eigenvalue weighted by molar-refractivity contribution is -0.122. The lowest BCUT2D eigenvalue weighted by atomic mass is 9.82. The highest BCUT2D eigenvalue weighted by Crippen LogP contribution is 2.43. The summed E-state index contributed by atoms with van der Waals surface area (Å²) in [5, 5.41) is 0. The van der Waals surface area contributed by atoms with E-state index >= 15 is 0 Å². The van der Waals surface area contributed by atoms with Crippen LogP contribution < -0.4 is 0 Å². The summed E-state index contributed by atoms with van der Waals surface area (Å²) in [6, 6.07) is 0. The molecule has 0 aromatic carbocycles. The summed E-state index contributed by atoms with van der Waals surface area (Å²) in [6.07, 6.45) is 0.244. The molecule has 60 valence electrons. The molecular formula is C5H8F2O2S. The number of rotatable bonds is 2. The third-order valence-electron chi connectivity index (χ3n) is 1.77. The van der Waals surface area contributed by atoms with Crippen molar-refractivity contribution >= 4 is 11.1 Å². The largest absolute Gasteiger partial charge is 0.306 e. The minimum Gasteiger partial charge on any atom is -0.306 e. The molecule has 5 heteroatoms. The molecule has 0 spiro atoms. The zero-order valence-electron chi connectivity index (χ0n) is 5.22. The molecule has 10 heavy (non-hydrogen) atoms. The first kappa shape index (κ1) is 8.07. The van der Waals surface area contributed by atoms with Crippen molar-refractivity contribution in [2.75, 3.05) is 5.75 Å². The van der Waals surface area contributed by atoms with Crippen molar-refractivity contribution in [1.29, 1.82) is 0 Å². The molecule has 1 rings (SSSR count). The highest BCUT2D eigenvalue weighted by Gasteiger charge is 2.48. The van der Waals surface area contributed by atoms with Gasteiger partial charge in [-0.2, -0.15) is 0 Å². The van der Waals surface area contributed by atoms with Gasteiger partial charge in [0.05, 0.1) is 5.75 Å². The number of hydrogen-bond donors (Lipinski definition) is 1. The van der Waals surface area contributed by atoms with Gasteiger partial charge in [0.2, 0.25) is 0 Å². The van der Waals surface area contributed by atoms with Gasteiger partial charge in [0, 0.05) is 12.3 Å². The molecule has 2 atom stereocenters. The Hall–Kier alpha value is -0.0300. The molecule has 1 saturated carbocycles. The van der Waals surface area contributed by atoms with Crippen LogP contribution in [0, 0.1) is 5.92 Å². The number of halogens is 2. The van der Waals surface area contributed by atoms with Crippen molar-refractivity contribution in [3.63, 3.8) is 0 Å². The van der Waals surface area contributed by atoms with Gasteiger partial charge in [0.25, 0.3) is 5.92 Å². The summed E-state index contributed by atoms with van der Waals surface area (Å²) < 4.78 is 43.0. The standard InChI is InChI=1S/C5H8F2O2S/c6-5(7)2-1-4(5)3-10(8)9/h4H,1-3H2,(H,8,9). The van der Waals surface area contributed by atoms with Gasteiger partial charge in [0.1, 0.15) is 0 Å². The van der Waals surface area contributed by atoms with Crippen LogP contribution in [0.3, 0.4) is 0 Å². The summed E-state index contributed by atoms with van der Waals surface area (Å²) >= 11 is -2.07. The fourth-order valence-electron chi connectivity index (χ4n) is 0.944. The molecule has 0 aliphatic heterocycles. The van der Waals surface area contributed by atoms with Gasteiger partial charge in [-0.05, 0) is 6.42 Å². The van der Waals surface area contributed by atoms with Gasteiger partial charge < -0.3 is 4.55 Å². The van der Waals surface area contributed by atoms with E-state index in [9.17, 15) is 13.0 Å². The summed E-state index contributed by atoms with van der Waals surface area (Å²) in [6.45, 7) is 0. The average Bonchev–Trinajstić information content (AvgIpc) is 1.81. The second-order valence-electron chi connectivity index (χ2n) is 2.48. The fraction of sp³-hybridized carbons (Fsp3) is 1.00. The first-order valence-electron chi connectivity index (χ1n) is 2.97. The Kier molecular flexibility index (Phi) is 2.05. The molecule has 2 unspecified atom stereocenters. The van der Waals surface area contributed by atoms with E-state index in [4.69, 9.17) is 4.55 Å². The summed E-state index contributed by atoms with van der Waals surface area (Å²) in [5.41, 5.74) is 0. The summed E-state index contributed by atoms with van der Waals surface area (Å²) in [5.74, 6) is -3.83. The Balaban J connectivity index is 2.37. The molecule has 1 aliphatic rings. The SMILES string of the molecule is O=S(O)CC1CCC1(F)F. The molecule has 0 radical (unpaired) electrons. The van der Waals surface area contributed by atoms with Crippen LogP contribution in [0.5, 0.6) is 0 Å². The van der Waals surface area contributed by atoms with Crippen LogP contribution in [0.4, 0.5) is 8.78 Å². The van der Waals surface area contributed by atoms with Crippen LogP contribution in [0.2, 0.25) is 0 Å². The maximum atomic E-state index is 12.3. The Morgan fingerprint density at radius 2 is 2.30 bits per heavy atom. The van der Waals surface area contributed by atoms with Gasteiger partial charge in [-0.3, -0.25) is 0 Å². The highest BCUT2D eigenvalue weighted by atomic mass is 32.2. The second kappa shape index (κ2) is 2.54. The third-order valence-corrected chi connectivity index (χ3v) is 2.45. The molecule has 2 nitrogen and oxygen atoms in total. The van der Waals surface area contributed by atoms with E-state index in [1.54, 1.807) is 0 Å². The quantitative estimate of drug-likeness (QED) is 0.633. The maximum Gasteiger partial charge on any atom is 0.251 e. The predicted molar refractivity (Wildman–Crippen MR) is 33.3 cm³/mol. The van der Waals surface area contributed by atoms with Gasteiger partial charge >= 0.3 is 0 Å². The van der Waals surface area contributed by atoms with Crippen LogP contribution in [0.25, 0.3) is 0 Å². The average molecular weight is 170 g/mol. The normalized spacial score (nSPS) is 32.9. The van der Waals surface area contributed by atoms with Crippen molar-refractivity contribution in [2.45, 2.75) is 18.8 Å². The van der Waals surface area contributed by atoms with Crippen LogP contribution in [-0.4, -0.2) is 20.4 Å². The number of alkyl halides is 2. The van der Waals surface area contributed by atoms with Gasteiger partial charge in [-0.1, -0.05) is 0 Å². The van der Waals surface area contributed by atoms with Crippen molar-refractivity contribution < 1.29 is 17.5 Å². The highest BCUT2D eigenvalue weighted by molar-refractivity contribution is 7.79. The Labute approximate surface area is 59.9 Å². The molecule has 1 aliphatic carbocycles. The van der Waals surface area contributed by atoms with Crippen LogP contribution >= 0.6 is 0 Å². The Bertz CT molecular complexity index is 160. The molecule has 0 saturated heterocycles. The topological polar surface area (TPSA) is 37.3 Å². The summed E-state index contributed by atoms with van der Waals surface area (Å²) in [4.78, 5) is 0. The van der Waals surface area contributed by atoms with E-state index in [1.807, 2.05) is 0 Å². The van der Waals surface area contributed by atoms with E-state index in [-0.39, 0.29) is 12.2 Å². The zero-order chi connectivity index (χ0) is 7.78. The summed E-state index contributed by atoms with van der Waals surface area (Å²) in [7, 11) is 0. The molecule has 0 amide bonds. The molecular weight excluding hydrogens is 162 g/mol. The molecule has 1 fully saturated rings. The minimum atomic E-state index is -2.68. The molecule has 0 aromatic heterocycles. The first-order chi connectivity index (χ1) is 4.52. The number of hydrogen-bond acceptors (Lipinski definition) is 1. The minimum absolute atomic E-state index is 0.130. The lowest BCUT2D eigenvalue weighted by Gasteiger charge is -2.35. The predicted octanol–water partition coefficient (Wildman–Crippen LogP) is 1.25. The Morgan fingerprint density at radius 3 is 2.40 bits per heavy atom. The molecule has 0 bridgehead atoms. The molecule has 0 aromatic rings. The molecule has 1 N–H and O–H groups in total. The Morgan fingerprint density at radius 1 is 1.70 bits per heavy atom.